The van der Waals surface area contributed by atoms with Gasteiger partial charge < -0.3 is 14.6 Å². The summed E-state index contributed by atoms with van der Waals surface area (Å²) in [5.74, 6) is -0.0881. The van der Waals surface area contributed by atoms with E-state index in [1.165, 1.54) is 31.5 Å². The smallest absolute Gasteiger partial charge is 0.264 e. The largest absolute Gasteiger partial charge is 0.504 e. The van der Waals surface area contributed by atoms with E-state index in [4.69, 9.17) is 9.47 Å². The van der Waals surface area contributed by atoms with Gasteiger partial charge >= 0.3 is 0 Å². The number of nitrogens with one attached hydrogen (secondary N) is 1. The Morgan fingerprint density at radius 3 is 2.49 bits per heavy atom. The number of carbonyl (C=O) groups is 1. The van der Waals surface area contributed by atoms with Crippen LogP contribution in [0.25, 0.3) is 0 Å². The number of hydrazone groups is 1. The number of ether oxygens (including phenoxy) is 2. The van der Waals surface area contributed by atoms with E-state index in [1.807, 2.05) is 6.92 Å². The molecule has 0 heterocycles. The summed E-state index contributed by atoms with van der Waals surface area (Å²) in [6.07, 6.45) is 1.36. The molecule has 184 valence electrons. The van der Waals surface area contributed by atoms with Gasteiger partial charge in [-0.25, -0.2) is 13.8 Å². The van der Waals surface area contributed by atoms with Gasteiger partial charge in [0.1, 0.15) is 12.3 Å². The predicted octanol–water partition coefficient (Wildman–Crippen LogP) is 3.45. The Labute approximate surface area is 204 Å². The molecule has 0 aliphatic rings. The highest BCUT2D eigenvalue weighted by Crippen LogP contribution is 2.32. The third kappa shape index (κ3) is 6.30. The van der Waals surface area contributed by atoms with E-state index in [0.717, 1.165) is 9.87 Å². The van der Waals surface area contributed by atoms with Gasteiger partial charge in [0.2, 0.25) is 0 Å². The molecule has 0 aromatic heterocycles. The standard InChI is InChI=1S/C25H27N3O6S/c1-4-34-24-15-19(11-14-22(24)29)16-26-27-25(30)17-28(21-7-5-6-8-23(21)33-3)35(31,32)20-12-9-18(2)10-13-20/h5-16,29H,4,17H2,1-3H3,(H,27,30)/b26-16-. The maximum atomic E-state index is 13.5. The number of nitrogens with zero attached hydrogens (tertiary/aromatic N) is 2. The van der Waals surface area contributed by atoms with Gasteiger partial charge in [0.15, 0.2) is 11.5 Å². The molecule has 0 aliphatic carbocycles. The summed E-state index contributed by atoms with van der Waals surface area (Å²) in [6, 6.07) is 17.5. The lowest BCUT2D eigenvalue weighted by Crippen LogP contribution is -2.39. The lowest BCUT2D eigenvalue weighted by atomic mass is 10.2. The van der Waals surface area contributed by atoms with Crippen LogP contribution in [0, 0.1) is 6.92 Å². The van der Waals surface area contributed by atoms with Crippen LogP contribution in [0.4, 0.5) is 5.69 Å². The highest BCUT2D eigenvalue weighted by Gasteiger charge is 2.29. The van der Waals surface area contributed by atoms with Crippen LogP contribution < -0.4 is 19.2 Å². The van der Waals surface area contributed by atoms with E-state index in [9.17, 15) is 18.3 Å². The first kappa shape index (κ1) is 25.6. The first-order chi connectivity index (χ1) is 16.8. The third-order valence-corrected chi connectivity index (χ3v) is 6.71. The summed E-state index contributed by atoms with van der Waals surface area (Å²) < 4.78 is 38.6. The molecular weight excluding hydrogens is 470 g/mol. The number of aromatic hydroxyl groups is 1. The molecule has 0 radical (unpaired) electrons. The number of anilines is 1. The van der Waals surface area contributed by atoms with Gasteiger partial charge in [-0.2, -0.15) is 5.10 Å². The molecule has 0 atom stereocenters. The first-order valence-electron chi connectivity index (χ1n) is 10.8. The number of phenols is 1. The zero-order chi connectivity index (χ0) is 25.4. The Kier molecular flexibility index (Phi) is 8.32. The molecule has 0 saturated carbocycles. The van der Waals surface area contributed by atoms with Crippen molar-refractivity contribution in [2.75, 3.05) is 24.6 Å². The predicted molar refractivity (Wildman–Crippen MR) is 134 cm³/mol. The number of phenolic OH excluding ortho intramolecular Hbond substituents is 1. The minimum atomic E-state index is -4.10. The summed E-state index contributed by atoms with van der Waals surface area (Å²) in [4.78, 5) is 12.8. The lowest BCUT2D eigenvalue weighted by molar-refractivity contribution is -0.119. The third-order valence-electron chi connectivity index (χ3n) is 4.94. The van der Waals surface area contributed by atoms with E-state index < -0.39 is 22.5 Å². The highest BCUT2D eigenvalue weighted by molar-refractivity contribution is 7.92. The van der Waals surface area contributed by atoms with Crippen molar-refractivity contribution in [2.45, 2.75) is 18.7 Å². The molecule has 3 aromatic carbocycles. The van der Waals surface area contributed by atoms with Gasteiger partial charge in [-0.3, -0.25) is 9.10 Å². The van der Waals surface area contributed by atoms with E-state index in [2.05, 4.69) is 10.5 Å². The Hall–Kier alpha value is -4.05. The number of methoxy groups -OCH3 is 1. The molecule has 0 spiro atoms. The summed E-state index contributed by atoms with van der Waals surface area (Å²) in [5, 5.41) is 13.7. The number of rotatable bonds is 10. The van der Waals surface area contributed by atoms with Crippen LogP contribution in [0.1, 0.15) is 18.1 Å². The first-order valence-corrected chi connectivity index (χ1v) is 12.2. The zero-order valence-corrected chi connectivity index (χ0v) is 20.5. The van der Waals surface area contributed by atoms with Gasteiger partial charge in [-0.05, 0) is 61.9 Å². The molecule has 0 aliphatic heterocycles. The molecule has 1 amide bonds. The average Bonchev–Trinajstić information content (AvgIpc) is 2.85. The van der Waals surface area contributed by atoms with Crippen molar-refractivity contribution in [3.05, 3.63) is 77.9 Å². The average molecular weight is 498 g/mol. The van der Waals surface area contributed by atoms with E-state index in [0.29, 0.717) is 17.9 Å². The second-order valence-corrected chi connectivity index (χ2v) is 9.31. The number of amides is 1. The number of hydrogen-bond acceptors (Lipinski definition) is 7. The minimum absolute atomic E-state index is 0.0122. The fourth-order valence-corrected chi connectivity index (χ4v) is 4.63. The normalized spacial score (nSPS) is 11.3. The topological polar surface area (TPSA) is 118 Å². The second-order valence-electron chi connectivity index (χ2n) is 7.45. The van der Waals surface area contributed by atoms with E-state index >= 15 is 0 Å². The quantitative estimate of drug-likeness (QED) is 0.327. The fraction of sp³-hybridized carbons (Fsp3) is 0.200. The van der Waals surface area contributed by atoms with Crippen LogP contribution in [0.3, 0.4) is 0 Å². The van der Waals surface area contributed by atoms with Gasteiger partial charge in [0, 0.05) is 0 Å². The van der Waals surface area contributed by atoms with Crippen molar-refractivity contribution in [3.8, 4) is 17.2 Å². The fourth-order valence-electron chi connectivity index (χ4n) is 3.20. The maximum Gasteiger partial charge on any atom is 0.264 e. The molecule has 35 heavy (non-hydrogen) atoms. The lowest BCUT2D eigenvalue weighted by Gasteiger charge is -2.25. The summed E-state index contributed by atoms with van der Waals surface area (Å²) >= 11 is 0. The summed E-state index contributed by atoms with van der Waals surface area (Å²) in [5.41, 5.74) is 4.04. The molecule has 3 aromatic rings. The van der Waals surface area contributed by atoms with Gasteiger partial charge in [-0.15, -0.1) is 0 Å². The molecule has 10 heteroatoms. The summed E-state index contributed by atoms with van der Waals surface area (Å²) in [7, 11) is -2.67. The molecule has 2 N–H and O–H groups in total. The number of sulfonamides is 1. The van der Waals surface area contributed by atoms with Crippen molar-refractivity contribution in [2.24, 2.45) is 5.10 Å². The van der Waals surface area contributed by atoms with Crippen LogP contribution in [0.15, 0.2) is 76.7 Å². The van der Waals surface area contributed by atoms with Crippen LogP contribution in [-0.4, -0.2) is 45.9 Å². The van der Waals surface area contributed by atoms with Crippen LogP contribution in [-0.2, 0) is 14.8 Å². The number of benzene rings is 3. The minimum Gasteiger partial charge on any atom is -0.504 e. The van der Waals surface area contributed by atoms with E-state index in [1.54, 1.807) is 55.5 Å². The number of hydrogen-bond donors (Lipinski definition) is 2. The molecule has 0 fully saturated rings. The summed E-state index contributed by atoms with van der Waals surface area (Å²) in [6.45, 7) is 3.48. The number of aryl methyl sites for hydroxylation is 1. The van der Waals surface area contributed by atoms with Crippen molar-refractivity contribution in [1.82, 2.24) is 5.43 Å². The van der Waals surface area contributed by atoms with Crippen molar-refractivity contribution >= 4 is 27.8 Å². The second kappa shape index (κ2) is 11.4. The van der Waals surface area contributed by atoms with Gasteiger partial charge in [-0.1, -0.05) is 29.8 Å². The Bertz CT molecular complexity index is 1310. The zero-order valence-electron chi connectivity index (χ0n) is 19.6. The molecule has 9 nitrogen and oxygen atoms in total. The highest BCUT2D eigenvalue weighted by atomic mass is 32.2. The van der Waals surface area contributed by atoms with Crippen molar-refractivity contribution in [3.63, 3.8) is 0 Å². The van der Waals surface area contributed by atoms with Crippen molar-refractivity contribution < 1.29 is 27.8 Å². The Balaban J connectivity index is 1.85. The van der Waals surface area contributed by atoms with Crippen LogP contribution in [0.2, 0.25) is 0 Å². The number of para-hydroxylation sites is 2. The SMILES string of the molecule is CCOc1cc(/C=N\NC(=O)CN(c2ccccc2OC)S(=O)(=O)c2ccc(C)cc2)ccc1O. The molecular formula is C25H27N3O6S. The van der Waals surface area contributed by atoms with Gasteiger partial charge in [0.05, 0.1) is 30.5 Å². The maximum absolute atomic E-state index is 13.5. The monoisotopic (exact) mass is 497 g/mol. The van der Waals surface area contributed by atoms with Gasteiger partial charge in [0.25, 0.3) is 15.9 Å². The van der Waals surface area contributed by atoms with Crippen LogP contribution >= 0.6 is 0 Å². The Morgan fingerprint density at radius 1 is 1.09 bits per heavy atom. The molecule has 0 saturated heterocycles. The van der Waals surface area contributed by atoms with Crippen molar-refractivity contribution in [1.29, 1.82) is 0 Å². The van der Waals surface area contributed by atoms with E-state index in [-0.39, 0.29) is 22.1 Å². The molecule has 0 unspecified atom stereocenters. The number of carbonyl (C=O) groups excluding carboxylic acids is 1. The Morgan fingerprint density at radius 2 is 1.80 bits per heavy atom. The molecule has 3 rings (SSSR count). The van der Waals surface area contributed by atoms with Crippen LogP contribution in [0.5, 0.6) is 17.2 Å². The molecule has 0 bridgehead atoms.